The van der Waals surface area contributed by atoms with Gasteiger partial charge in [0.2, 0.25) is 0 Å². The molecule has 1 heterocycles. The summed E-state index contributed by atoms with van der Waals surface area (Å²) in [5, 5.41) is 11.4. The van der Waals surface area contributed by atoms with Gasteiger partial charge in [-0.2, -0.15) is 0 Å². The van der Waals surface area contributed by atoms with Crippen molar-refractivity contribution in [3.63, 3.8) is 0 Å². The molecule has 0 aliphatic carbocycles. The molecular weight excluding hydrogens is 467 g/mol. The summed E-state index contributed by atoms with van der Waals surface area (Å²) in [6, 6.07) is 10.8. The van der Waals surface area contributed by atoms with E-state index in [0.717, 1.165) is 10.3 Å². The second-order valence-corrected chi connectivity index (χ2v) is 7.22. The molecule has 2 N–H and O–H groups in total. The molecule has 0 radical (unpaired) electrons. The molecule has 3 rings (SSSR count). The summed E-state index contributed by atoms with van der Waals surface area (Å²) in [5.74, 6) is -1.59. The highest BCUT2D eigenvalue weighted by molar-refractivity contribution is 6.01. The minimum Gasteiger partial charge on any atom is -0.495 e. The van der Waals surface area contributed by atoms with Crippen molar-refractivity contribution in [3.8, 4) is 16.9 Å². The second kappa shape index (κ2) is 14.2. The molecule has 0 fully saturated rings. The first kappa shape index (κ1) is 29.8. The number of aromatic nitrogens is 1. The summed E-state index contributed by atoms with van der Waals surface area (Å²) in [7, 11) is 3.16. The van der Waals surface area contributed by atoms with Crippen LogP contribution < -0.4 is 15.6 Å². The first-order valence-electron chi connectivity index (χ1n) is 11.2. The number of aryl methyl sites for hydroxylation is 1. The Kier molecular flexibility index (Phi) is 11.7. The molecule has 0 unspecified atom stereocenters. The Hall–Kier alpha value is -4.27. The minimum absolute atomic E-state index is 0.0321. The number of methoxy groups -OCH3 is 1. The van der Waals surface area contributed by atoms with Gasteiger partial charge in [0.05, 0.1) is 25.4 Å². The minimum atomic E-state index is -0.896. The summed E-state index contributed by atoms with van der Waals surface area (Å²) in [6.45, 7) is 6.77. The van der Waals surface area contributed by atoms with Crippen LogP contribution in [0.15, 0.2) is 53.5 Å². The Balaban J connectivity index is 0.000000417. The quantitative estimate of drug-likeness (QED) is 0.354. The molecule has 0 aliphatic heterocycles. The summed E-state index contributed by atoms with van der Waals surface area (Å²) < 4.78 is 21.0. The van der Waals surface area contributed by atoms with Gasteiger partial charge in [-0.05, 0) is 43.7 Å². The predicted octanol–water partition coefficient (Wildman–Crippen LogP) is 4.83. The highest BCUT2D eigenvalue weighted by atomic mass is 19.1. The highest BCUT2D eigenvalue weighted by Gasteiger charge is 2.20. The Morgan fingerprint density at radius 3 is 2.22 bits per heavy atom. The molecule has 3 aromatic rings. The lowest BCUT2D eigenvalue weighted by Gasteiger charge is -2.15. The van der Waals surface area contributed by atoms with Crippen molar-refractivity contribution < 1.29 is 28.6 Å². The third-order valence-corrected chi connectivity index (χ3v) is 4.98. The lowest BCUT2D eigenvalue weighted by Crippen LogP contribution is -2.20. The fourth-order valence-electron chi connectivity index (χ4n) is 3.15. The number of hydrogen-bond acceptors (Lipinski definition) is 6. The molecule has 0 bridgehead atoms. The maximum atomic E-state index is 14.6. The molecule has 0 atom stereocenters. The van der Waals surface area contributed by atoms with Crippen molar-refractivity contribution >= 4 is 23.7 Å². The van der Waals surface area contributed by atoms with E-state index in [1.807, 2.05) is 13.8 Å². The van der Waals surface area contributed by atoms with Crippen LogP contribution in [0.1, 0.15) is 47.1 Å². The molecule has 0 saturated heterocycles. The monoisotopic (exact) mass is 498 g/mol. The standard InChI is InChI=1S/C17H16FNO4.C8H9NO2.C2H6/c1-10-4-5-12(11(2)21)16(17(10)18)13-8-15(22)19(6-7-20)9-14(13)23-3;1-9-7-4-2-6(3-5-7)8(10)11;1-2/h4-5,7-9H,6H2,1-3H3;2-5,9H,1H3,(H,10,11);1-2H3. The summed E-state index contributed by atoms with van der Waals surface area (Å²) in [4.78, 5) is 44.9. The number of halogens is 1. The number of hydrogen-bond donors (Lipinski definition) is 2. The van der Waals surface area contributed by atoms with E-state index in [0.29, 0.717) is 17.4 Å². The molecule has 0 saturated carbocycles. The number of Topliss-reactive ketones (excluding diaryl/α,β-unsaturated/α-hetero) is 1. The molecule has 1 aromatic heterocycles. The fraction of sp³-hybridized carbons (Fsp3) is 0.259. The van der Waals surface area contributed by atoms with Gasteiger partial charge in [0.25, 0.3) is 5.56 Å². The Morgan fingerprint density at radius 2 is 1.75 bits per heavy atom. The van der Waals surface area contributed by atoms with Crippen molar-refractivity contribution in [3.05, 3.63) is 81.5 Å². The normalized spacial score (nSPS) is 9.64. The van der Waals surface area contributed by atoms with Crippen LogP contribution in [0, 0.1) is 12.7 Å². The Labute approximate surface area is 209 Å². The van der Waals surface area contributed by atoms with Crippen LogP contribution in [-0.4, -0.2) is 41.9 Å². The van der Waals surface area contributed by atoms with Crippen LogP contribution in [0.5, 0.6) is 5.75 Å². The molecule has 0 spiro atoms. The Bertz CT molecular complexity index is 1270. The van der Waals surface area contributed by atoms with Crippen molar-refractivity contribution in [1.82, 2.24) is 4.57 Å². The molecule has 0 aliphatic rings. The number of nitrogens with zero attached hydrogens (tertiary/aromatic N) is 1. The van der Waals surface area contributed by atoms with E-state index in [1.165, 1.54) is 38.4 Å². The second-order valence-electron chi connectivity index (χ2n) is 7.22. The van der Waals surface area contributed by atoms with E-state index in [4.69, 9.17) is 9.84 Å². The number of carbonyl (C=O) groups is 3. The zero-order valence-electron chi connectivity index (χ0n) is 21.2. The smallest absolute Gasteiger partial charge is 0.335 e. The first-order chi connectivity index (χ1) is 17.1. The SMILES string of the molecule is CC.CNc1ccc(C(=O)O)cc1.COc1cn(CC=O)c(=O)cc1-c1c(C(C)=O)ccc(C)c1F. The van der Waals surface area contributed by atoms with Crippen molar-refractivity contribution in [2.45, 2.75) is 34.2 Å². The van der Waals surface area contributed by atoms with Crippen LogP contribution in [0.25, 0.3) is 11.1 Å². The van der Waals surface area contributed by atoms with Crippen LogP contribution in [0.4, 0.5) is 10.1 Å². The zero-order chi connectivity index (χ0) is 27.4. The van der Waals surface area contributed by atoms with E-state index in [9.17, 15) is 23.6 Å². The summed E-state index contributed by atoms with van der Waals surface area (Å²) in [6.07, 6.45) is 1.91. The predicted molar refractivity (Wildman–Crippen MR) is 138 cm³/mol. The number of ketones is 1. The van der Waals surface area contributed by atoms with E-state index in [2.05, 4.69) is 5.32 Å². The average Bonchev–Trinajstić information content (AvgIpc) is 2.88. The van der Waals surface area contributed by atoms with Crippen LogP contribution >= 0.6 is 0 Å². The van der Waals surface area contributed by atoms with Crippen molar-refractivity contribution in [1.29, 1.82) is 0 Å². The lowest BCUT2D eigenvalue weighted by atomic mass is 9.94. The van der Waals surface area contributed by atoms with Gasteiger partial charge in [-0.15, -0.1) is 0 Å². The van der Waals surface area contributed by atoms with Crippen LogP contribution in [-0.2, 0) is 11.3 Å². The number of carboxylic acids is 1. The number of aldehydes is 1. The number of nitrogens with one attached hydrogen (secondary N) is 1. The van der Waals surface area contributed by atoms with Gasteiger partial charge in [0.1, 0.15) is 17.9 Å². The van der Waals surface area contributed by atoms with Gasteiger partial charge in [0.15, 0.2) is 5.78 Å². The number of anilines is 1. The van der Waals surface area contributed by atoms with Crippen LogP contribution in [0.3, 0.4) is 0 Å². The highest BCUT2D eigenvalue weighted by Crippen LogP contribution is 2.34. The average molecular weight is 499 g/mol. The number of carbonyl (C=O) groups excluding carboxylic acids is 2. The Morgan fingerprint density at radius 1 is 1.14 bits per heavy atom. The van der Waals surface area contributed by atoms with Crippen molar-refractivity contribution in [2.75, 3.05) is 19.5 Å². The molecule has 2 aromatic carbocycles. The van der Waals surface area contributed by atoms with Gasteiger partial charge >= 0.3 is 5.97 Å². The largest absolute Gasteiger partial charge is 0.495 e. The third-order valence-electron chi connectivity index (χ3n) is 4.98. The van der Waals surface area contributed by atoms with Gasteiger partial charge in [-0.25, -0.2) is 9.18 Å². The van der Waals surface area contributed by atoms with E-state index >= 15 is 0 Å². The summed E-state index contributed by atoms with van der Waals surface area (Å²) in [5.41, 5.74) is 1.47. The van der Waals surface area contributed by atoms with Gasteiger partial charge in [-0.3, -0.25) is 9.59 Å². The molecule has 0 amide bonds. The number of carboxylic acid groups (broad SMARTS) is 1. The topological polar surface area (TPSA) is 115 Å². The molecule has 192 valence electrons. The van der Waals surface area contributed by atoms with Crippen LogP contribution in [0.2, 0.25) is 0 Å². The third kappa shape index (κ3) is 7.36. The molecule has 36 heavy (non-hydrogen) atoms. The molecule has 9 heteroatoms. The first-order valence-corrected chi connectivity index (χ1v) is 11.2. The number of ether oxygens (including phenoxy) is 1. The number of rotatable bonds is 7. The molecular formula is C27H31FN2O6. The van der Waals surface area contributed by atoms with Gasteiger partial charge in [-0.1, -0.05) is 26.0 Å². The fourth-order valence-corrected chi connectivity index (χ4v) is 3.15. The van der Waals surface area contributed by atoms with Gasteiger partial charge < -0.3 is 24.5 Å². The van der Waals surface area contributed by atoms with E-state index in [-0.39, 0.29) is 34.8 Å². The van der Waals surface area contributed by atoms with Crippen molar-refractivity contribution in [2.24, 2.45) is 0 Å². The summed E-state index contributed by atoms with van der Waals surface area (Å²) >= 11 is 0. The zero-order valence-corrected chi connectivity index (χ0v) is 21.2. The maximum Gasteiger partial charge on any atom is 0.335 e. The number of pyridine rings is 1. The maximum absolute atomic E-state index is 14.6. The van der Waals surface area contributed by atoms with Gasteiger partial charge in [0, 0.05) is 35.5 Å². The number of benzene rings is 2. The number of aromatic carboxylic acids is 1. The van der Waals surface area contributed by atoms with E-state index in [1.54, 1.807) is 38.2 Å². The molecule has 8 nitrogen and oxygen atoms in total. The van der Waals surface area contributed by atoms with E-state index < -0.39 is 17.3 Å². The lowest BCUT2D eigenvalue weighted by molar-refractivity contribution is -0.108.